The average molecular weight is 372 g/mol. The van der Waals surface area contributed by atoms with Crippen LogP contribution in [-0.4, -0.2) is 26.6 Å². The fourth-order valence-electron chi connectivity index (χ4n) is 2.76. The molecule has 120 valence electrons. The van der Waals surface area contributed by atoms with Gasteiger partial charge in [0.15, 0.2) is 6.29 Å². The van der Waals surface area contributed by atoms with Crippen LogP contribution in [-0.2, 0) is 4.79 Å². The first-order chi connectivity index (χ1) is 11.7. The minimum absolute atomic E-state index is 0.0335. The minimum Gasteiger partial charge on any atom is -0.302 e. The maximum Gasteiger partial charge on any atom is 0.160 e. The van der Waals surface area contributed by atoms with Gasteiger partial charge in [-0.1, -0.05) is 25.1 Å². The lowest BCUT2D eigenvalue weighted by molar-refractivity contribution is -0.107. The van der Waals surface area contributed by atoms with E-state index >= 15 is 0 Å². The van der Waals surface area contributed by atoms with Crippen LogP contribution in [0.2, 0.25) is 0 Å². The third kappa shape index (κ3) is 2.53. The van der Waals surface area contributed by atoms with E-state index in [0.29, 0.717) is 4.88 Å². The zero-order valence-electron chi connectivity index (χ0n) is 12.6. The molecule has 3 heterocycles. The Morgan fingerprint density at radius 3 is 2.46 bits per heavy atom. The summed E-state index contributed by atoms with van der Waals surface area (Å²) < 4.78 is 8.94. The van der Waals surface area contributed by atoms with Gasteiger partial charge in [-0.25, -0.2) is 0 Å². The summed E-state index contributed by atoms with van der Waals surface area (Å²) in [5.74, 6) is 0.219. The second-order valence-corrected chi connectivity index (χ2v) is 8.41. The van der Waals surface area contributed by atoms with Crippen LogP contribution in [0.4, 0.5) is 0 Å². The van der Waals surface area contributed by atoms with Crippen LogP contribution in [0, 0.1) is 5.92 Å². The molecule has 24 heavy (non-hydrogen) atoms. The van der Waals surface area contributed by atoms with Crippen molar-refractivity contribution in [1.82, 2.24) is 8.75 Å². The number of aldehydes is 2. The maximum absolute atomic E-state index is 11.2. The molecule has 0 aliphatic carbocycles. The number of aromatic nitrogens is 2. The Hall–Kier alpha value is -1.83. The van der Waals surface area contributed by atoms with Crippen LogP contribution < -0.4 is 0 Å². The summed E-state index contributed by atoms with van der Waals surface area (Å²) in [6.07, 6.45) is 4.00. The monoisotopic (exact) mass is 372 g/mol. The summed E-state index contributed by atoms with van der Waals surface area (Å²) in [5, 5.41) is -0.0335. The highest BCUT2D eigenvalue weighted by Gasteiger charge is 2.27. The lowest BCUT2D eigenvalue weighted by Gasteiger charge is -2.07. The molecule has 3 aromatic rings. The molecule has 0 amide bonds. The van der Waals surface area contributed by atoms with Gasteiger partial charge in [0.2, 0.25) is 0 Å². The summed E-state index contributed by atoms with van der Waals surface area (Å²) in [7, 11) is 0. The Morgan fingerprint density at radius 2 is 1.79 bits per heavy atom. The molecule has 0 spiro atoms. The Balaban J connectivity index is 1.82. The van der Waals surface area contributed by atoms with E-state index in [1.807, 2.05) is 24.3 Å². The van der Waals surface area contributed by atoms with Gasteiger partial charge >= 0.3 is 0 Å². The number of benzene rings is 1. The van der Waals surface area contributed by atoms with Gasteiger partial charge in [0.1, 0.15) is 17.3 Å². The second kappa shape index (κ2) is 6.23. The SMILES string of the molecule is CC1C=C(c2ccc(-c3ccc(C=O)s3)c3nsnc23)SC1C=O. The first kappa shape index (κ1) is 15.7. The van der Waals surface area contributed by atoms with E-state index < -0.39 is 0 Å². The lowest BCUT2D eigenvalue weighted by atomic mass is 10.0. The largest absolute Gasteiger partial charge is 0.302 e. The summed E-state index contributed by atoms with van der Waals surface area (Å²) in [5.41, 5.74) is 3.72. The fraction of sp³-hybridized carbons (Fsp3) is 0.176. The van der Waals surface area contributed by atoms with Crippen molar-refractivity contribution in [2.75, 3.05) is 0 Å². The van der Waals surface area contributed by atoms with E-state index in [1.165, 1.54) is 23.1 Å². The molecule has 0 saturated carbocycles. The van der Waals surface area contributed by atoms with Crippen molar-refractivity contribution in [3.05, 3.63) is 40.8 Å². The number of hydrogen-bond acceptors (Lipinski definition) is 7. The number of thioether (sulfide) groups is 1. The predicted molar refractivity (Wildman–Crippen MR) is 101 cm³/mol. The number of hydrogen-bond donors (Lipinski definition) is 0. The Bertz CT molecular complexity index is 973. The Labute approximate surface area is 150 Å². The van der Waals surface area contributed by atoms with E-state index in [9.17, 15) is 9.59 Å². The maximum atomic E-state index is 11.2. The van der Waals surface area contributed by atoms with Crippen molar-refractivity contribution in [2.24, 2.45) is 5.92 Å². The Morgan fingerprint density at radius 1 is 1.04 bits per heavy atom. The third-order valence-electron chi connectivity index (χ3n) is 4.02. The van der Waals surface area contributed by atoms with Crippen LogP contribution in [0.5, 0.6) is 0 Å². The molecule has 0 N–H and O–H groups in total. The molecule has 0 fully saturated rings. The van der Waals surface area contributed by atoms with E-state index in [2.05, 4.69) is 21.7 Å². The fourth-order valence-corrected chi connectivity index (χ4v) is 5.41. The molecule has 0 radical (unpaired) electrons. The van der Waals surface area contributed by atoms with Gasteiger partial charge in [-0.15, -0.1) is 23.1 Å². The van der Waals surface area contributed by atoms with Crippen molar-refractivity contribution in [3.8, 4) is 10.4 Å². The van der Waals surface area contributed by atoms with E-state index in [4.69, 9.17) is 0 Å². The molecular formula is C17H12N2O2S3. The molecule has 0 saturated heterocycles. The highest BCUT2D eigenvalue weighted by Crippen LogP contribution is 2.44. The molecule has 1 aliphatic rings. The number of nitrogens with zero attached hydrogens (tertiary/aromatic N) is 2. The van der Waals surface area contributed by atoms with Crippen molar-refractivity contribution in [3.63, 3.8) is 0 Å². The summed E-state index contributed by atoms with van der Waals surface area (Å²) in [4.78, 5) is 24.9. The molecule has 1 aromatic carbocycles. The van der Waals surface area contributed by atoms with E-state index in [-0.39, 0.29) is 11.2 Å². The molecule has 2 atom stereocenters. The van der Waals surface area contributed by atoms with E-state index in [1.54, 1.807) is 11.8 Å². The first-order valence-corrected chi connectivity index (χ1v) is 9.78. The second-order valence-electron chi connectivity index (χ2n) is 5.55. The quantitative estimate of drug-likeness (QED) is 0.630. The van der Waals surface area contributed by atoms with Gasteiger partial charge < -0.3 is 4.79 Å². The minimum atomic E-state index is -0.0335. The third-order valence-corrected chi connectivity index (χ3v) is 7.01. The molecule has 7 heteroatoms. The van der Waals surface area contributed by atoms with Crippen LogP contribution in [0.25, 0.3) is 26.4 Å². The zero-order chi connectivity index (χ0) is 16.7. The molecule has 2 unspecified atom stereocenters. The van der Waals surface area contributed by atoms with Crippen molar-refractivity contribution < 1.29 is 9.59 Å². The number of rotatable bonds is 4. The first-order valence-electron chi connectivity index (χ1n) is 7.36. The van der Waals surface area contributed by atoms with Crippen molar-refractivity contribution in [2.45, 2.75) is 12.2 Å². The molecular weight excluding hydrogens is 360 g/mol. The van der Waals surface area contributed by atoms with Gasteiger partial charge in [-0.05, 0) is 18.1 Å². The molecule has 2 aromatic heterocycles. The Kier molecular flexibility index (Phi) is 4.07. The average Bonchev–Trinajstić information content (AvgIpc) is 3.32. The van der Waals surface area contributed by atoms with Gasteiger partial charge in [0.05, 0.1) is 21.9 Å². The summed E-state index contributed by atoms with van der Waals surface area (Å²) in [6, 6.07) is 7.83. The van der Waals surface area contributed by atoms with Crippen LogP contribution in [0.1, 0.15) is 22.2 Å². The smallest absolute Gasteiger partial charge is 0.160 e. The van der Waals surface area contributed by atoms with E-state index in [0.717, 1.165) is 44.5 Å². The molecule has 4 rings (SSSR count). The summed E-state index contributed by atoms with van der Waals surface area (Å²) >= 11 is 4.22. The van der Waals surface area contributed by atoms with Crippen LogP contribution in [0.15, 0.2) is 30.3 Å². The van der Waals surface area contributed by atoms with Crippen LogP contribution in [0.3, 0.4) is 0 Å². The highest BCUT2D eigenvalue weighted by molar-refractivity contribution is 8.09. The molecule has 4 nitrogen and oxygen atoms in total. The predicted octanol–water partition coefficient (Wildman–Crippen LogP) is 4.52. The number of allylic oxidation sites excluding steroid dienone is 1. The number of thiophene rings is 1. The molecule has 0 bridgehead atoms. The van der Waals surface area contributed by atoms with Crippen LogP contribution >= 0.6 is 34.8 Å². The van der Waals surface area contributed by atoms with Gasteiger partial charge in [-0.3, -0.25) is 4.79 Å². The number of fused-ring (bicyclic) bond motifs is 1. The molecule has 1 aliphatic heterocycles. The highest BCUT2D eigenvalue weighted by atomic mass is 32.2. The zero-order valence-corrected chi connectivity index (χ0v) is 15.1. The van der Waals surface area contributed by atoms with Gasteiger partial charge in [0, 0.05) is 20.9 Å². The topological polar surface area (TPSA) is 59.9 Å². The number of carbonyl (C=O) groups is 2. The number of carbonyl (C=O) groups excluding carboxylic acids is 2. The van der Waals surface area contributed by atoms with Crippen molar-refractivity contribution in [1.29, 1.82) is 0 Å². The van der Waals surface area contributed by atoms with Gasteiger partial charge in [0.25, 0.3) is 0 Å². The van der Waals surface area contributed by atoms with Crippen molar-refractivity contribution >= 4 is 63.3 Å². The lowest BCUT2D eigenvalue weighted by Crippen LogP contribution is -2.08. The summed E-state index contributed by atoms with van der Waals surface area (Å²) in [6.45, 7) is 2.05. The van der Waals surface area contributed by atoms with Gasteiger partial charge in [-0.2, -0.15) is 8.75 Å². The standard InChI is InChI=1S/C17H12N2O2S3/c1-9-6-14(23-15(9)8-21)12-4-3-11(16-17(12)19-24-18-16)13-5-2-10(7-20)22-13/h2-9,15H,1H3. The normalized spacial score (nSPS) is 20.3.